The van der Waals surface area contributed by atoms with E-state index in [1.807, 2.05) is 0 Å². The maximum Gasteiger partial charge on any atom is 0.320 e. The number of ketones is 1. The van der Waals surface area contributed by atoms with Crippen LogP contribution in [0, 0.1) is 0 Å². The first-order valence-electron chi connectivity index (χ1n) is 6.03. The fourth-order valence-electron chi connectivity index (χ4n) is 2.01. The first-order valence-corrected chi connectivity index (χ1v) is 6.03. The summed E-state index contributed by atoms with van der Waals surface area (Å²) in [5.41, 5.74) is 11.1. The molecule has 1 heterocycles. The summed E-state index contributed by atoms with van der Waals surface area (Å²) in [7, 11) is 0. The van der Waals surface area contributed by atoms with Crippen LogP contribution in [-0.4, -0.2) is 41.5 Å². The van der Waals surface area contributed by atoms with Crippen molar-refractivity contribution in [2.45, 2.75) is 50.2 Å². The summed E-state index contributed by atoms with van der Waals surface area (Å²) < 4.78 is 0. The number of nitrogens with one attached hydrogen (secondary N) is 1. The fraction of sp³-hybridized carbons (Fsp3) is 0.818. The Balaban J connectivity index is 2.22. The van der Waals surface area contributed by atoms with Crippen LogP contribution < -0.4 is 16.8 Å². The van der Waals surface area contributed by atoms with Gasteiger partial charge in [0.1, 0.15) is 6.04 Å². The minimum Gasteiger partial charge on any atom is -0.480 e. The predicted octanol–water partition coefficient (Wildman–Crippen LogP) is -0.783. The molecule has 1 rings (SSSR count). The van der Waals surface area contributed by atoms with Gasteiger partial charge in [0.15, 0.2) is 5.78 Å². The molecule has 0 saturated carbocycles. The largest absolute Gasteiger partial charge is 0.480 e. The summed E-state index contributed by atoms with van der Waals surface area (Å²) in [5.74, 6) is -0.978. The van der Waals surface area contributed by atoms with Gasteiger partial charge in [0.25, 0.3) is 0 Å². The molecule has 1 fully saturated rings. The Morgan fingerprint density at radius 3 is 2.47 bits per heavy atom. The van der Waals surface area contributed by atoms with Crippen LogP contribution in [0.15, 0.2) is 0 Å². The molecule has 1 unspecified atom stereocenters. The molecular formula is C11H21N3O3. The number of hydrogen-bond donors (Lipinski definition) is 4. The lowest BCUT2D eigenvalue weighted by atomic mass is 9.98. The molecule has 3 atom stereocenters. The number of carbonyl (C=O) groups excluding carboxylic acids is 1. The van der Waals surface area contributed by atoms with Crippen molar-refractivity contribution in [2.75, 3.05) is 6.54 Å². The lowest BCUT2D eigenvalue weighted by Crippen LogP contribution is -2.43. The molecule has 0 aromatic carbocycles. The summed E-state index contributed by atoms with van der Waals surface area (Å²) in [6.45, 7) is 0.868. The molecule has 0 aromatic heterocycles. The molecule has 0 aromatic rings. The van der Waals surface area contributed by atoms with Gasteiger partial charge in [-0.05, 0) is 38.6 Å². The van der Waals surface area contributed by atoms with Gasteiger partial charge < -0.3 is 21.9 Å². The quantitative estimate of drug-likeness (QED) is 0.465. The molecule has 6 N–H and O–H groups in total. The van der Waals surface area contributed by atoms with E-state index in [-0.39, 0.29) is 11.8 Å². The molecule has 17 heavy (non-hydrogen) atoms. The monoisotopic (exact) mass is 243 g/mol. The highest BCUT2D eigenvalue weighted by Gasteiger charge is 2.26. The van der Waals surface area contributed by atoms with Crippen LogP contribution in [0.1, 0.15) is 32.1 Å². The van der Waals surface area contributed by atoms with Crippen molar-refractivity contribution in [1.82, 2.24) is 5.32 Å². The molecule has 6 heteroatoms. The first-order chi connectivity index (χ1) is 8.02. The number of carboxylic acid groups (broad SMARTS) is 1. The molecule has 1 aliphatic rings. The molecule has 1 aliphatic heterocycles. The number of nitrogens with two attached hydrogens (primary N) is 2. The zero-order valence-electron chi connectivity index (χ0n) is 9.89. The minimum atomic E-state index is -1.01. The van der Waals surface area contributed by atoms with E-state index < -0.39 is 18.1 Å². The molecule has 0 radical (unpaired) electrons. The summed E-state index contributed by atoms with van der Waals surface area (Å²) in [6, 6.07) is -1.48. The second-order valence-electron chi connectivity index (χ2n) is 4.53. The van der Waals surface area contributed by atoms with Crippen LogP contribution in [0.3, 0.4) is 0 Å². The highest BCUT2D eigenvalue weighted by atomic mass is 16.4. The second kappa shape index (κ2) is 6.68. The molecule has 0 aliphatic carbocycles. The number of Topliss-reactive ketones (excluding diaryl/α,β-unsaturated/α-hetero) is 1. The topological polar surface area (TPSA) is 118 Å². The zero-order valence-corrected chi connectivity index (χ0v) is 9.89. The van der Waals surface area contributed by atoms with Crippen molar-refractivity contribution in [1.29, 1.82) is 0 Å². The highest BCUT2D eigenvalue weighted by Crippen LogP contribution is 2.10. The molecule has 0 spiro atoms. The van der Waals surface area contributed by atoms with Crippen molar-refractivity contribution in [2.24, 2.45) is 11.5 Å². The van der Waals surface area contributed by atoms with Gasteiger partial charge in [-0.15, -0.1) is 0 Å². The number of carboxylic acids is 1. The molecular weight excluding hydrogens is 222 g/mol. The van der Waals surface area contributed by atoms with Crippen LogP contribution in [0.5, 0.6) is 0 Å². The average Bonchev–Trinajstić information content (AvgIpc) is 2.80. The summed E-state index contributed by atoms with van der Waals surface area (Å²) >= 11 is 0. The molecule has 0 bridgehead atoms. The number of hydrogen-bond acceptors (Lipinski definition) is 5. The molecule has 98 valence electrons. The Labute approximate surface area is 101 Å². The van der Waals surface area contributed by atoms with Gasteiger partial charge in [-0.25, -0.2) is 0 Å². The number of aliphatic carboxylic acids is 1. The van der Waals surface area contributed by atoms with E-state index >= 15 is 0 Å². The van der Waals surface area contributed by atoms with E-state index in [2.05, 4.69) is 5.32 Å². The van der Waals surface area contributed by atoms with Crippen LogP contribution in [0.4, 0.5) is 0 Å². The van der Waals surface area contributed by atoms with Crippen molar-refractivity contribution >= 4 is 11.8 Å². The molecule has 1 saturated heterocycles. The first kappa shape index (κ1) is 14.1. The van der Waals surface area contributed by atoms with Crippen molar-refractivity contribution in [3.05, 3.63) is 0 Å². The zero-order chi connectivity index (χ0) is 12.8. The van der Waals surface area contributed by atoms with Gasteiger partial charge in [-0.2, -0.15) is 0 Å². The third-order valence-corrected chi connectivity index (χ3v) is 3.12. The fourth-order valence-corrected chi connectivity index (χ4v) is 2.01. The molecule has 6 nitrogen and oxygen atoms in total. The van der Waals surface area contributed by atoms with Crippen molar-refractivity contribution < 1.29 is 14.7 Å². The maximum atomic E-state index is 11.8. The lowest BCUT2D eigenvalue weighted by Gasteiger charge is -2.16. The van der Waals surface area contributed by atoms with E-state index in [4.69, 9.17) is 16.6 Å². The Bertz CT molecular complexity index is 277. The predicted molar refractivity (Wildman–Crippen MR) is 63.5 cm³/mol. The van der Waals surface area contributed by atoms with Crippen LogP contribution in [-0.2, 0) is 9.59 Å². The third kappa shape index (κ3) is 4.41. The summed E-state index contributed by atoms with van der Waals surface area (Å²) in [6.07, 6.45) is 3.27. The maximum absolute atomic E-state index is 11.8. The SMILES string of the molecule is NC(CCC[C@H](N)C(=O)O)C(=O)[C@H]1CCCN1. The van der Waals surface area contributed by atoms with Gasteiger partial charge in [0.05, 0.1) is 12.1 Å². The average molecular weight is 243 g/mol. The van der Waals surface area contributed by atoms with E-state index in [0.29, 0.717) is 19.3 Å². The van der Waals surface area contributed by atoms with Crippen LogP contribution in [0.2, 0.25) is 0 Å². The normalized spacial score (nSPS) is 23.3. The van der Waals surface area contributed by atoms with Crippen LogP contribution >= 0.6 is 0 Å². The Morgan fingerprint density at radius 2 is 1.94 bits per heavy atom. The van der Waals surface area contributed by atoms with Crippen molar-refractivity contribution in [3.8, 4) is 0 Å². The smallest absolute Gasteiger partial charge is 0.320 e. The van der Waals surface area contributed by atoms with Gasteiger partial charge in [-0.1, -0.05) is 0 Å². The van der Waals surface area contributed by atoms with Gasteiger partial charge in [0, 0.05) is 0 Å². The minimum absolute atomic E-state index is 0.0337. The van der Waals surface area contributed by atoms with Crippen LogP contribution in [0.25, 0.3) is 0 Å². The Kier molecular flexibility index (Phi) is 5.54. The second-order valence-corrected chi connectivity index (χ2v) is 4.53. The number of carbonyl (C=O) groups is 2. The lowest BCUT2D eigenvalue weighted by molar-refractivity contribution is -0.138. The molecule has 0 amide bonds. The van der Waals surface area contributed by atoms with E-state index in [9.17, 15) is 9.59 Å². The van der Waals surface area contributed by atoms with Gasteiger partial charge in [-0.3, -0.25) is 9.59 Å². The van der Waals surface area contributed by atoms with E-state index in [1.165, 1.54) is 0 Å². The van der Waals surface area contributed by atoms with E-state index in [0.717, 1.165) is 19.4 Å². The third-order valence-electron chi connectivity index (χ3n) is 3.12. The number of rotatable bonds is 7. The summed E-state index contributed by atoms with van der Waals surface area (Å²) in [4.78, 5) is 22.3. The van der Waals surface area contributed by atoms with Crippen molar-refractivity contribution in [3.63, 3.8) is 0 Å². The Hall–Kier alpha value is -0.980. The highest BCUT2D eigenvalue weighted by molar-refractivity contribution is 5.89. The standard InChI is InChI=1S/C11H21N3O3/c12-7(3-1-4-8(13)11(16)17)10(15)9-5-2-6-14-9/h7-9,14H,1-6,12-13H2,(H,16,17)/t7?,8-,9+/m0/s1. The Morgan fingerprint density at radius 1 is 1.29 bits per heavy atom. The van der Waals surface area contributed by atoms with E-state index in [1.54, 1.807) is 0 Å². The van der Waals surface area contributed by atoms with Gasteiger partial charge >= 0.3 is 5.97 Å². The van der Waals surface area contributed by atoms with Gasteiger partial charge in [0.2, 0.25) is 0 Å². The summed E-state index contributed by atoms with van der Waals surface area (Å²) in [5, 5.41) is 11.7.